The Hall–Kier alpha value is 0.974. The van der Waals surface area contributed by atoms with Gasteiger partial charge in [-0.3, -0.25) is 0 Å². The molecule has 0 unspecified atom stereocenters. The second-order valence-electron chi connectivity index (χ2n) is 13.4. The molecule has 0 heterocycles. The largest absolute Gasteiger partial charge is 0.414 e. The maximum atomic E-state index is 10.7. The summed E-state index contributed by atoms with van der Waals surface area (Å²) in [7, 11) is 0.288. The fourth-order valence-electron chi connectivity index (χ4n) is 3.12. The molecular weight excluding hydrogens is 473 g/mol. The lowest BCUT2D eigenvalue weighted by atomic mass is 10.2. The molecule has 0 amide bonds. The van der Waals surface area contributed by atoms with E-state index in [9.17, 15) is 10.2 Å². The topological polar surface area (TPSA) is 58.9 Å². The molecule has 0 saturated heterocycles. The predicted molar refractivity (Wildman–Crippen MR) is 147 cm³/mol. The van der Waals surface area contributed by atoms with E-state index in [0.29, 0.717) is 13.2 Å². The highest BCUT2D eigenvalue weighted by Gasteiger charge is 2.51. The van der Waals surface area contributed by atoms with Crippen molar-refractivity contribution in [1.29, 1.82) is 0 Å². The molecule has 190 valence electrons. The molecule has 32 heavy (non-hydrogen) atoms. The summed E-state index contributed by atoms with van der Waals surface area (Å²) in [4.78, 5) is 0. The molecule has 2 atom stereocenters. The fraction of sp³-hybridized carbons (Fsp3) is 1.00. The molecule has 0 bridgehead atoms. The van der Waals surface area contributed by atoms with E-state index in [-0.39, 0.29) is 19.6 Å². The molecule has 0 aromatic rings. The van der Waals surface area contributed by atoms with Crippen LogP contribution in [0, 0.1) is 0 Å². The van der Waals surface area contributed by atoms with Crippen molar-refractivity contribution < 1.29 is 19.1 Å². The first-order chi connectivity index (χ1) is 14.3. The van der Waals surface area contributed by atoms with Crippen molar-refractivity contribution in [3.63, 3.8) is 0 Å². The molecule has 2 N–H and O–H groups in total. The molecule has 2 fully saturated rings. The highest BCUT2D eigenvalue weighted by Crippen LogP contribution is 2.65. The van der Waals surface area contributed by atoms with E-state index in [1.54, 1.807) is 0 Å². The minimum absolute atomic E-state index is 0.169. The summed E-state index contributed by atoms with van der Waals surface area (Å²) < 4.78 is 12.9. The summed E-state index contributed by atoms with van der Waals surface area (Å²) in [5, 5.41) is 21.7. The second kappa shape index (κ2) is 10.2. The van der Waals surface area contributed by atoms with E-state index in [1.165, 1.54) is 25.7 Å². The van der Waals surface area contributed by atoms with E-state index in [4.69, 9.17) is 8.85 Å². The number of aliphatic hydroxyl groups excluding tert-OH is 2. The molecule has 0 aromatic heterocycles. The van der Waals surface area contributed by atoms with Crippen LogP contribution < -0.4 is 0 Å². The smallest absolute Gasteiger partial charge is 0.192 e. The Kier molecular flexibility index (Phi) is 9.26. The monoisotopic (exact) mass is 522 g/mol. The average molecular weight is 523 g/mol. The molecule has 0 radical (unpaired) electrons. The van der Waals surface area contributed by atoms with Crippen LogP contribution in [0.25, 0.3) is 0 Å². The minimum Gasteiger partial charge on any atom is -0.414 e. The van der Waals surface area contributed by atoms with Gasteiger partial charge < -0.3 is 19.1 Å². The summed E-state index contributed by atoms with van der Waals surface area (Å²) in [6.07, 6.45) is 5.55. The van der Waals surface area contributed by atoms with Crippen LogP contribution in [-0.2, 0) is 8.85 Å². The Morgan fingerprint density at radius 3 is 1.19 bits per heavy atom. The Labute approximate surface area is 208 Å². The summed E-state index contributed by atoms with van der Waals surface area (Å²) in [5.41, 5.74) is 0. The van der Waals surface area contributed by atoms with Gasteiger partial charge in [-0.05, 0) is 74.8 Å². The first kappa shape index (κ1) is 29.2. The minimum atomic E-state index is -1.82. The van der Waals surface area contributed by atoms with Crippen molar-refractivity contribution >= 4 is 38.2 Å². The zero-order valence-electron chi connectivity index (χ0n) is 22.3. The maximum absolute atomic E-state index is 10.7. The van der Waals surface area contributed by atoms with Gasteiger partial charge in [-0.1, -0.05) is 63.1 Å². The van der Waals surface area contributed by atoms with Gasteiger partial charge in [0, 0.05) is 9.49 Å². The number of rotatable bonds is 13. The molecule has 2 rings (SSSR count). The molecule has 2 saturated carbocycles. The SMILES string of the molecule is CC(C)(C)[Si](C)(C)OC[C@H](O)CC1(SSC2(C[C@@H](O)CO[Si](C)(C)C(C)(C)C)CC2)CC1. The molecule has 2 aliphatic rings. The Bertz CT molecular complexity index is 566. The number of hydrogen-bond donors (Lipinski definition) is 2. The number of aliphatic hydroxyl groups is 2. The van der Waals surface area contributed by atoms with Crippen LogP contribution in [0.3, 0.4) is 0 Å². The third-order valence-electron chi connectivity index (χ3n) is 8.11. The molecule has 8 heteroatoms. The second-order valence-corrected chi connectivity index (χ2v) is 26.1. The summed E-state index contributed by atoms with van der Waals surface area (Å²) >= 11 is 0. The zero-order chi connectivity index (χ0) is 24.6. The fourth-order valence-corrected chi connectivity index (χ4v) is 9.08. The highest BCUT2D eigenvalue weighted by atomic mass is 33.1. The van der Waals surface area contributed by atoms with Crippen LogP contribution in [0.1, 0.15) is 80.1 Å². The van der Waals surface area contributed by atoms with Crippen molar-refractivity contribution in [2.24, 2.45) is 0 Å². The van der Waals surface area contributed by atoms with Crippen molar-refractivity contribution in [2.75, 3.05) is 13.2 Å². The quantitative estimate of drug-likeness (QED) is 0.201. The van der Waals surface area contributed by atoms with Crippen LogP contribution in [0.5, 0.6) is 0 Å². The number of hydrogen-bond acceptors (Lipinski definition) is 6. The third-order valence-corrected chi connectivity index (χ3v) is 21.4. The molecule has 0 spiro atoms. The van der Waals surface area contributed by atoms with E-state index in [2.05, 4.69) is 67.7 Å². The lowest BCUT2D eigenvalue weighted by Gasteiger charge is -2.37. The Balaban J connectivity index is 1.75. The summed E-state index contributed by atoms with van der Waals surface area (Å²) in [6.45, 7) is 23.3. The lowest BCUT2D eigenvalue weighted by molar-refractivity contribution is 0.0908. The van der Waals surface area contributed by atoms with E-state index < -0.39 is 28.8 Å². The van der Waals surface area contributed by atoms with Gasteiger partial charge in [0.05, 0.1) is 25.4 Å². The van der Waals surface area contributed by atoms with Gasteiger partial charge in [-0.2, -0.15) is 0 Å². The standard InChI is InChI=1S/C24H50O4S2Si2/c1-21(2,3)31(7,8)27-17-19(25)15-23(11-12-23)29-30-24(13-14-24)16-20(26)18-28-32(9,10)22(4,5)6/h19-20,25-26H,11-18H2,1-10H3/t19-,20-/m1/s1. The lowest BCUT2D eigenvalue weighted by Crippen LogP contribution is -2.43. The average Bonchev–Trinajstić information content (AvgIpc) is 3.53. The van der Waals surface area contributed by atoms with Crippen LogP contribution >= 0.6 is 21.6 Å². The Morgan fingerprint density at radius 2 is 0.969 bits per heavy atom. The highest BCUT2D eigenvalue weighted by molar-refractivity contribution is 8.77. The third kappa shape index (κ3) is 8.28. The van der Waals surface area contributed by atoms with Crippen LogP contribution in [0.4, 0.5) is 0 Å². The Morgan fingerprint density at radius 1 is 0.688 bits per heavy atom. The molecular formula is C24H50O4S2Si2. The molecule has 0 aromatic carbocycles. The van der Waals surface area contributed by atoms with E-state index in [1.807, 2.05) is 21.6 Å². The normalized spacial score (nSPS) is 22.5. The maximum Gasteiger partial charge on any atom is 0.192 e. The zero-order valence-corrected chi connectivity index (χ0v) is 26.0. The van der Waals surface area contributed by atoms with Crippen molar-refractivity contribution in [2.45, 2.75) is 138 Å². The first-order valence-electron chi connectivity index (χ1n) is 12.3. The van der Waals surface area contributed by atoms with Gasteiger partial charge in [0.25, 0.3) is 0 Å². The summed E-state index contributed by atoms with van der Waals surface area (Å²) in [6, 6.07) is 0. The van der Waals surface area contributed by atoms with Gasteiger partial charge in [0.1, 0.15) is 0 Å². The van der Waals surface area contributed by atoms with Crippen molar-refractivity contribution in [3.8, 4) is 0 Å². The van der Waals surface area contributed by atoms with Crippen LogP contribution in [0.15, 0.2) is 0 Å². The molecule has 0 aliphatic heterocycles. The first-order valence-corrected chi connectivity index (χ1v) is 20.3. The van der Waals surface area contributed by atoms with Crippen LogP contribution in [0.2, 0.25) is 36.3 Å². The van der Waals surface area contributed by atoms with Gasteiger partial charge in [-0.15, -0.1) is 0 Å². The van der Waals surface area contributed by atoms with Crippen molar-refractivity contribution in [3.05, 3.63) is 0 Å². The van der Waals surface area contributed by atoms with Gasteiger partial charge in [-0.25, -0.2) is 0 Å². The van der Waals surface area contributed by atoms with Gasteiger partial charge in [0.2, 0.25) is 0 Å². The summed E-state index contributed by atoms with van der Waals surface area (Å²) in [5.74, 6) is 0. The predicted octanol–water partition coefficient (Wildman–Crippen LogP) is 6.98. The van der Waals surface area contributed by atoms with Crippen LogP contribution in [-0.4, -0.2) is 61.8 Å². The van der Waals surface area contributed by atoms with Gasteiger partial charge >= 0.3 is 0 Å². The molecule has 4 nitrogen and oxygen atoms in total. The van der Waals surface area contributed by atoms with Crippen molar-refractivity contribution in [1.82, 2.24) is 0 Å². The molecule has 2 aliphatic carbocycles. The van der Waals surface area contributed by atoms with E-state index >= 15 is 0 Å². The van der Waals surface area contributed by atoms with Gasteiger partial charge in [0.15, 0.2) is 16.6 Å². The van der Waals surface area contributed by atoms with E-state index in [0.717, 1.165) is 12.8 Å².